The average Bonchev–Trinajstić information content (AvgIpc) is 2.98. The minimum absolute atomic E-state index is 0.0331. The molecule has 0 spiro atoms. The van der Waals surface area contributed by atoms with Gasteiger partial charge < -0.3 is 19.5 Å². The van der Waals surface area contributed by atoms with Gasteiger partial charge in [0.15, 0.2) is 11.5 Å². The molecule has 0 bridgehead atoms. The molecular weight excluding hydrogens is 488 g/mol. The van der Waals surface area contributed by atoms with E-state index in [1.165, 1.54) is 33.0 Å². The average molecular weight is 525 g/mol. The summed E-state index contributed by atoms with van der Waals surface area (Å²) >= 11 is 0. The number of methoxy groups -OCH3 is 3. The van der Waals surface area contributed by atoms with E-state index in [9.17, 15) is 4.79 Å². The van der Waals surface area contributed by atoms with E-state index >= 15 is 0 Å². The maximum absolute atomic E-state index is 13.2. The highest BCUT2D eigenvalue weighted by atomic mass is 16.5. The summed E-state index contributed by atoms with van der Waals surface area (Å²) in [6.45, 7) is 1.73. The molecule has 1 aliphatic heterocycles. The minimum Gasteiger partial charge on any atom is -0.497 e. The number of hydrogen-bond donors (Lipinski definition) is 1. The van der Waals surface area contributed by atoms with Crippen molar-refractivity contribution in [2.45, 2.75) is 25.3 Å². The van der Waals surface area contributed by atoms with Crippen LogP contribution in [0.2, 0.25) is 0 Å². The number of hydrogen-bond acceptors (Lipinski definition) is 5. The minimum atomic E-state index is 0.0331. The number of nitrogens with zero attached hydrogens (tertiary/aromatic N) is 1. The first-order valence-corrected chi connectivity index (χ1v) is 13.4. The van der Waals surface area contributed by atoms with Gasteiger partial charge in [0.05, 0.1) is 27.9 Å². The lowest BCUT2D eigenvalue weighted by molar-refractivity contribution is -0.122. The normalized spacial score (nSPS) is 15.0. The second-order valence-electron chi connectivity index (χ2n) is 9.93. The Morgan fingerprint density at radius 2 is 1.64 bits per heavy atom. The number of amides is 1. The van der Waals surface area contributed by atoms with Gasteiger partial charge in [0, 0.05) is 19.1 Å². The topological polar surface area (TPSA) is 60.0 Å². The van der Waals surface area contributed by atoms with Crippen LogP contribution < -0.4 is 19.5 Å². The zero-order chi connectivity index (χ0) is 27.2. The van der Waals surface area contributed by atoms with Crippen LogP contribution in [0.3, 0.4) is 0 Å². The Balaban J connectivity index is 1.32. The predicted octanol–water partition coefficient (Wildman–Crippen LogP) is 5.37. The summed E-state index contributed by atoms with van der Waals surface area (Å²) in [6.07, 6.45) is 2.41. The van der Waals surface area contributed by atoms with Crippen molar-refractivity contribution in [1.29, 1.82) is 0 Å². The van der Waals surface area contributed by atoms with Gasteiger partial charge in [-0.05, 0) is 76.6 Å². The molecule has 1 amide bonds. The summed E-state index contributed by atoms with van der Waals surface area (Å²) in [4.78, 5) is 15.5. The number of nitrogens with one attached hydrogen (secondary N) is 1. The molecule has 4 aromatic rings. The predicted molar refractivity (Wildman–Crippen MR) is 155 cm³/mol. The van der Waals surface area contributed by atoms with Crippen molar-refractivity contribution in [2.24, 2.45) is 0 Å². The third kappa shape index (κ3) is 6.02. The van der Waals surface area contributed by atoms with Crippen LogP contribution in [0.15, 0.2) is 78.9 Å². The molecule has 1 atom stereocenters. The highest BCUT2D eigenvalue weighted by Gasteiger charge is 2.30. The first kappa shape index (κ1) is 26.6. The van der Waals surface area contributed by atoms with Crippen molar-refractivity contribution in [1.82, 2.24) is 10.2 Å². The number of ether oxygens (including phenoxy) is 3. The van der Waals surface area contributed by atoms with Gasteiger partial charge in [-0.1, -0.05) is 54.6 Å². The molecule has 1 unspecified atom stereocenters. The number of benzene rings is 4. The van der Waals surface area contributed by atoms with Crippen LogP contribution in [-0.4, -0.2) is 51.8 Å². The van der Waals surface area contributed by atoms with Crippen LogP contribution in [0.1, 0.15) is 28.3 Å². The van der Waals surface area contributed by atoms with Gasteiger partial charge >= 0.3 is 0 Å². The van der Waals surface area contributed by atoms with E-state index in [-0.39, 0.29) is 11.9 Å². The molecule has 1 N–H and O–H groups in total. The van der Waals surface area contributed by atoms with Crippen molar-refractivity contribution >= 4 is 16.7 Å². The molecule has 202 valence electrons. The molecule has 39 heavy (non-hydrogen) atoms. The van der Waals surface area contributed by atoms with E-state index in [1.54, 1.807) is 21.3 Å². The largest absolute Gasteiger partial charge is 0.497 e. The van der Waals surface area contributed by atoms with Crippen molar-refractivity contribution < 1.29 is 19.0 Å². The molecule has 0 saturated heterocycles. The molecule has 0 aromatic heterocycles. The van der Waals surface area contributed by atoms with Crippen molar-refractivity contribution in [3.05, 3.63) is 101 Å². The Kier molecular flexibility index (Phi) is 8.33. The lowest BCUT2D eigenvalue weighted by atomic mass is 9.88. The summed E-state index contributed by atoms with van der Waals surface area (Å²) in [7, 11) is 5.00. The third-order valence-electron chi connectivity index (χ3n) is 7.64. The smallest absolute Gasteiger partial charge is 0.234 e. The van der Waals surface area contributed by atoms with Crippen LogP contribution in [0.25, 0.3) is 10.8 Å². The molecule has 6 nitrogen and oxygen atoms in total. The highest BCUT2D eigenvalue weighted by Crippen LogP contribution is 2.39. The van der Waals surface area contributed by atoms with E-state index in [4.69, 9.17) is 14.2 Å². The van der Waals surface area contributed by atoms with Gasteiger partial charge in [0.1, 0.15) is 5.75 Å². The van der Waals surface area contributed by atoms with Crippen LogP contribution in [0.4, 0.5) is 0 Å². The quantitative estimate of drug-likeness (QED) is 0.302. The van der Waals surface area contributed by atoms with E-state index in [0.29, 0.717) is 18.8 Å². The van der Waals surface area contributed by atoms with Crippen LogP contribution in [0.5, 0.6) is 17.2 Å². The van der Waals surface area contributed by atoms with Crippen molar-refractivity contribution in [3.63, 3.8) is 0 Å². The summed E-state index contributed by atoms with van der Waals surface area (Å²) in [6, 6.07) is 27.1. The summed E-state index contributed by atoms with van der Waals surface area (Å²) < 4.78 is 16.5. The Hall–Kier alpha value is -4.03. The molecule has 4 aromatic carbocycles. The fourth-order valence-corrected chi connectivity index (χ4v) is 5.58. The first-order valence-electron chi connectivity index (χ1n) is 13.4. The van der Waals surface area contributed by atoms with E-state index < -0.39 is 0 Å². The number of carbonyl (C=O) groups excluding carboxylic acids is 1. The number of rotatable bonds is 10. The second kappa shape index (κ2) is 12.2. The standard InChI is InChI=1S/C33H36N2O4/c1-37-27-13-11-23(12-14-27)19-30-29-21-32(39-3)31(38-2)20-26(29)16-18-35(30)22-33(36)34-17-15-25-9-6-8-24-7-4-5-10-28(24)25/h4-14,20-21,30H,15-19,22H2,1-3H3,(H,34,36). The number of carbonyl (C=O) groups is 1. The Bertz CT molecular complexity index is 1430. The van der Waals surface area contributed by atoms with E-state index in [0.717, 1.165) is 37.3 Å². The molecule has 0 fully saturated rings. The van der Waals surface area contributed by atoms with E-state index in [1.807, 2.05) is 12.1 Å². The van der Waals surface area contributed by atoms with Crippen molar-refractivity contribution in [3.8, 4) is 17.2 Å². The molecule has 6 heteroatoms. The molecule has 5 rings (SSSR count). The van der Waals surface area contributed by atoms with Crippen LogP contribution in [0, 0.1) is 0 Å². The maximum Gasteiger partial charge on any atom is 0.234 e. The molecule has 1 aliphatic rings. The fraction of sp³-hybridized carbons (Fsp3) is 0.303. The summed E-state index contributed by atoms with van der Waals surface area (Å²) in [5.74, 6) is 2.31. The molecule has 0 aliphatic carbocycles. The van der Waals surface area contributed by atoms with Gasteiger partial charge in [-0.3, -0.25) is 9.69 Å². The lowest BCUT2D eigenvalue weighted by Gasteiger charge is -2.37. The zero-order valence-electron chi connectivity index (χ0n) is 22.9. The van der Waals surface area contributed by atoms with E-state index in [2.05, 4.69) is 76.9 Å². The zero-order valence-corrected chi connectivity index (χ0v) is 22.9. The lowest BCUT2D eigenvalue weighted by Crippen LogP contribution is -2.43. The van der Waals surface area contributed by atoms with Crippen LogP contribution >= 0.6 is 0 Å². The Labute approximate surface area is 230 Å². The monoisotopic (exact) mass is 524 g/mol. The maximum atomic E-state index is 13.2. The molecular formula is C33H36N2O4. The SMILES string of the molecule is COc1ccc(CC2c3cc(OC)c(OC)cc3CCN2CC(=O)NCCc2cccc3ccccc23)cc1. The van der Waals surface area contributed by atoms with Gasteiger partial charge in [-0.2, -0.15) is 0 Å². The number of fused-ring (bicyclic) bond motifs is 2. The molecule has 0 saturated carbocycles. The Morgan fingerprint density at radius 1 is 0.897 bits per heavy atom. The molecule has 1 heterocycles. The van der Waals surface area contributed by atoms with Gasteiger partial charge in [0.25, 0.3) is 0 Å². The van der Waals surface area contributed by atoms with Crippen LogP contribution in [-0.2, 0) is 24.1 Å². The highest BCUT2D eigenvalue weighted by molar-refractivity contribution is 5.85. The van der Waals surface area contributed by atoms with Gasteiger partial charge in [-0.25, -0.2) is 0 Å². The Morgan fingerprint density at radius 3 is 2.41 bits per heavy atom. The second-order valence-corrected chi connectivity index (χ2v) is 9.93. The summed E-state index contributed by atoms with van der Waals surface area (Å²) in [5.41, 5.74) is 4.85. The van der Waals surface area contributed by atoms with Gasteiger partial charge in [0.2, 0.25) is 5.91 Å². The third-order valence-corrected chi connectivity index (χ3v) is 7.64. The first-order chi connectivity index (χ1) is 19.1. The molecule has 0 radical (unpaired) electrons. The van der Waals surface area contributed by atoms with Crippen molar-refractivity contribution in [2.75, 3.05) is 41.0 Å². The fourth-order valence-electron chi connectivity index (χ4n) is 5.58. The summed E-state index contributed by atoms with van der Waals surface area (Å²) in [5, 5.41) is 5.63. The van der Waals surface area contributed by atoms with Gasteiger partial charge in [-0.15, -0.1) is 0 Å².